The summed E-state index contributed by atoms with van der Waals surface area (Å²) >= 11 is 5.87. The van der Waals surface area contributed by atoms with Crippen LogP contribution >= 0.6 is 11.6 Å². The first-order chi connectivity index (χ1) is 9.60. The van der Waals surface area contributed by atoms with Crippen LogP contribution in [-0.4, -0.2) is 6.54 Å². The van der Waals surface area contributed by atoms with Crippen molar-refractivity contribution in [3.8, 4) is 5.75 Å². The van der Waals surface area contributed by atoms with Crippen molar-refractivity contribution in [2.75, 3.05) is 6.54 Å². The second-order valence-corrected chi connectivity index (χ2v) is 4.74. The van der Waals surface area contributed by atoms with Crippen LogP contribution < -0.4 is 10.5 Å². The molecule has 0 heterocycles. The van der Waals surface area contributed by atoms with Gasteiger partial charge in [0.2, 0.25) is 0 Å². The largest absolute Gasteiger partial charge is 0.486 e. The van der Waals surface area contributed by atoms with Crippen LogP contribution in [0.3, 0.4) is 0 Å². The minimum atomic E-state index is -0.450. The van der Waals surface area contributed by atoms with Gasteiger partial charge in [-0.05, 0) is 42.8 Å². The van der Waals surface area contributed by atoms with Crippen LogP contribution in [-0.2, 0) is 13.0 Å². The summed E-state index contributed by atoms with van der Waals surface area (Å²) in [6, 6.07) is 8.70. The molecule has 2 aromatic rings. The topological polar surface area (TPSA) is 35.2 Å². The molecular formula is C15H14ClF2NO. The highest BCUT2D eigenvalue weighted by Crippen LogP contribution is 2.22. The molecule has 0 atom stereocenters. The van der Waals surface area contributed by atoms with Gasteiger partial charge in [0.1, 0.15) is 12.4 Å². The second-order valence-electron chi connectivity index (χ2n) is 4.33. The monoisotopic (exact) mass is 297 g/mol. The van der Waals surface area contributed by atoms with E-state index in [1.807, 2.05) is 0 Å². The lowest BCUT2D eigenvalue weighted by Gasteiger charge is -2.10. The van der Waals surface area contributed by atoms with Crippen molar-refractivity contribution in [3.63, 3.8) is 0 Å². The lowest BCUT2D eigenvalue weighted by Crippen LogP contribution is -2.04. The third-order valence-corrected chi connectivity index (χ3v) is 3.18. The first-order valence-corrected chi connectivity index (χ1v) is 6.53. The van der Waals surface area contributed by atoms with Gasteiger partial charge in [-0.3, -0.25) is 0 Å². The number of hydrogen-bond acceptors (Lipinski definition) is 2. The Morgan fingerprint density at radius 2 is 1.90 bits per heavy atom. The van der Waals surface area contributed by atoms with Gasteiger partial charge in [0.15, 0.2) is 11.6 Å². The SMILES string of the molecule is NCCc1ccc(OCc2ccc(F)cc2Cl)c(F)c1. The molecule has 0 radical (unpaired) electrons. The third-order valence-electron chi connectivity index (χ3n) is 2.83. The van der Waals surface area contributed by atoms with Gasteiger partial charge in [-0.2, -0.15) is 0 Å². The Hall–Kier alpha value is -1.65. The smallest absolute Gasteiger partial charge is 0.165 e. The van der Waals surface area contributed by atoms with Crippen LogP contribution in [0.1, 0.15) is 11.1 Å². The first-order valence-electron chi connectivity index (χ1n) is 6.15. The van der Waals surface area contributed by atoms with Gasteiger partial charge in [-0.25, -0.2) is 8.78 Å². The average molecular weight is 298 g/mol. The highest BCUT2D eigenvalue weighted by atomic mass is 35.5. The van der Waals surface area contributed by atoms with Crippen LogP contribution in [0.15, 0.2) is 36.4 Å². The van der Waals surface area contributed by atoms with Crippen molar-refractivity contribution in [1.29, 1.82) is 0 Å². The molecule has 5 heteroatoms. The van der Waals surface area contributed by atoms with E-state index in [1.165, 1.54) is 24.3 Å². The van der Waals surface area contributed by atoms with Gasteiger partial charge >= 0.3 is 0 Å². The molecule has 0 aliphatic rings. The quantitative estimate of drug-likeness (QED) is 0.913. The maximum atomic E-state index is 13.8. The van der Waals surface area contributed by atoms with Crippen molar-refractivity contribution in [2.24, 2.45) is 5.73 Å². The zero-order valence-electron chi connectivity index (χ0n) is 10.7. The molecule has 0 amide bonds. The minimum Gasteiger partial charge on any atom is -0.486 e. The summed E-state index contributed by atoms with van der Waals surface area (Å²) in [5.74, 6) is -0.739. The lowest BCUT2D eigenvalue weighted by molar-refractivity contribution is 0.290. The van der Waals surface area contributed by atoms with Crippen LogP contribution in [0.2, 0.25) is 5.02 Å². The van der Waals surface area contributed by atoms with Crippen molar-refractivity contribution in [2.45, 2.75) is 13.0 Å². The number of halogens is 3. The standard InChI is InChI=1S/C15H14ClF2NO/c16-13-8-12(17)3-2-11(13)9-20-15-4-1-10(5-6-19)7-14(15)18/h1-4,7-8H,5-6,9,19H2. The van der Waals surface area contributed by atoms with Crippen LogP contribution in [0.4, 0.5) is 8.78 Å². The number of nitrogens with two attached hydrogens (primary N) is 1. The molecule has 0 aromatic heterocycles. The number of hydrogen-bond donors (Lipinski definition) is 1. The average Bonchev–Trinajstić information content (AvgIpc) is 2.40. The highest BCUT2D eigenvalue weighted by Gasteiger charge is 2.07. The molecule has 2 nitrogen and oxygen atoms in total. The van der Waals surface area contributed by atoms with E-state index in [1.54, 1.807) is 12.1 Å². The van der Waals surface area contributed by atoms with Crippen LogP contribution in [0, 0.1) is 11.6 Å². The van der Waals surface area contributed by atoms with Gasteiger partial charge in [0, 0.05) is 5.56 Å². The van der Waals surface area contributed by atoms with E-state index in [4.69, 9.17) is 22.1 Å². The van der Waals surface area contributed by atoms with Gasteiger partial charge in [-0.15, -0.1) is 0 Å². The molecule has 2 rings (SSSR count). The number of rotatable bonds is 5. The maximum Gasteiger partial charge on any atom is 0.165 e. The molecule has 0 unspecified atom stereocenters. The van der Waals surface area contributed by atoms with E-state index < -0.39 is 11.6 Å². The number of benzene rings is 2. The van der Waals surface area contributed by atoms with Gasteiger partial charge in [0.25, 0.3) is 0 Å². The summed E-state index contributed by atoms with van der Waals surface area (Å²) in [4.78, 5) is 0. The van der Waals surface area contributed by atoms with E-state index >= 15 is 0 Å². The van der Waals surface area contributed by atoms with Crippen molar-refractivity contribution >= 4 is 11.6 Å². The summed E-state index contributed by atoms with van der Waals surface area (Å²) < 4.78 is 32.0. The van der Waals surface area contributed by atoms with Gasteiger partial charge in [-0.1, -0.05) is 23.7 Å². The molecule has 106 valence electrons. The maximum absolute atomic E-state index is 13.8. The molecule has 0 aliphatic carbocycles. The molecule has 20 heavy (non-hydrogen) atoms. The molecule has 0 saturated heterocycles. The van der Waals surface area contributed by atoms with Crippen LogP contribution in [0.25, 0.3) is 0 Å². The van der Waals surface area contributed by atoms with E-state index in [2.05, 4.69) is 0 Å². The lowest BCUT2D eigenvalue weighted by atomic mass is 10.1. The Morgan fingerprint density at radius 3 is 2.55 bits per heavy atom. The van der Waals surface area contributed by atoms with E-state index in [0.29, 0.717) is 18.5 Å². The second kappa shape index (κ2) is 6.68. The summed E-state index contributed by atoms with van der Waals surface area (Å²) in [5.41, 5.74) is 6.83. The van der Waals surface area contributed by atoms with Gasteiger partial charge < -0.3 is 10.5 Å². The first kappa shape index (κ1) is 14.8. The zero-order chi connectivity index (χ0) is 14.5. The highest BCUT2D eigenvalue weighted by molar-refractivity contribution is 6.31. The normalized spacial score (nSPS) is 10.6. The Kier molecular flexibility index (Phi) is 4.93. The Balaban J connectivity index is 2.07. The summed E-state index contributed by atoms with van der Waals surface area (Å²) in [5, 5.41) is 0.255. The van der Waals surface area contributed by atoms with Crippen molar-refractivity contribution in [1.82, 2.24) is 0 Å². The summed E-state index contributed by atoms with van der Waals surface area (Å²) in [6.45, 7) is 0.539. The van der Waals surface area contributed by atoms with Crippen molar-refractivity contribution < 1.29 is 13.5 Å². The molecule has 2 aromatic carbocycles. The van der Waals surface area contributed by atoms with Gasteiger partial charge in [0.05, 0.1) is 5.02 Å². The van der Waals surface area contributed by atoms with Crippen molar-refractivity contribution in [3.05, 3.63) is 64.2 Å². The fraction of sp³-hybridized carbons (Fsp3) is 0.200. The molecule has 0 saturated carbocycles. The van der Waals surface area contributed by atoms with E-state index in [0.717, 1.165) is 5.56 Å². The predicted octanol–water partition coefficient (Wildman–Crippen LogP) is 3.70. The fourth-order valence-electron chi connectivity index (χ4n) is 1.78. The summed E-state index contributed by atoms with van der Waals surface area (Å²) in [6.07, 6.45) is 0.612. The van der Waals surface area contributed by atoms with E-state index in [9.17, 15) is 8.78 Å². The number of ether oxygens (including phenoxy) is 1. The Bertz CT molecular complexity index is 604. The van der Waals surface area contributed by atoms with E-state index in [-0.39, 0.29) is 17.4 Å². The van der Waals surface area contributed by atoms with Crippen LogP contribution in [0.5, 0.6) is 5.75 Å². The molecular weight excluding hydrogens is 284 g/mol. The molecule has 2 N–H and O–H groups in total. The Labute approximate surface area is 121 Å². The molecule has 0 fully saturated rings. The predicted molar refractivity (Wildman–Crippen MR) is 74.9 cm³/mol. The minimum absolute atomic E-state index is 0.0757. The molecule has 0 spiro atoms. The third kappa shape index (κ3) is 3.68. The fourth-order valence-corrected chi connectivity index (χ4v) is 2.00. The Morgan fingerprint density at radius 1 is 1.10 bits per heavy atom. The summed E-state index contributed by atoms with van der Waals surface area (Å²) in [7, 11) is 0. The molecule has 0 bridgehead atoms. The molecule has 0 aliphatic heterocycles. The zero-order valence-corrected chi connectivity index (χ0v) is 11.5.